The molecule has 4 nitrogen and oxygen atoms in total. The van der Waals surface area contributed by atoms with Crippen LogP contribution in [0.3, 0.4) is 0 Å². The van der Waals surface area contributed by atoms with Gasteiger partial charge in [0.25, 0.3) is 0 Å². The molecule has 48 heavy (non-hydrogen) atoms. The molecule has 0 fully saturated rings. The van der Waals surface area contributed by atoms with Gasteiger partial charge in [0.05, 0.1) is 5.69 Å². The molecule has 0 saturated heterocycles. The molecule has 0 bridgehead atoms. The second-order valence-corrected chi connectivity index (χ2v) is 19.0. The van der Waals surface area contributed by atoms with Crippen LogP contribution >= 0.6 is 11.3 Å². The van der Waals surface area contributed by atoms with Crippen LogP contribution in [0.4, 0.5) is 21.6 Å². The number of para-hydroxylation sites is 1. The van der Waals surface area contributed by atoms with Crippen LogP contribution in [0.2, 0.25) is 13.1 Å². The predicted octanol–water partition coefficient (Wildman–Crippen LogP) is 9.63. The standard InChI is InChI=1S/C41H31FN4SSi/c1-48(2)37-15-8-18-43-41(37)46(34-23-31-30-12-4-6-14-35(30)47-36(31)24-38(34)48)27-10-7-9-25(21-27)39(42)26-16-17-28-29-11-3-5-13-33(29)45-20-19-44-40(45)32(28)22-26/h3-24,28,32,39H,1-2H3. The average molecular weight is 659 g/mol. The Morgan fingerprint density at radius 2 is 1.65 bits per heavy atom. The van der Waals surface area contributed by atoms with E-state index in [1.54, 1.807) is 0 Å². The minimum absolute atomic E-state index is 0.0311. The van der Waals surface area contributed by atoms with E-state index >= 15 is 4.39 Å². The molecule has 3 unspecified atom stereocenters. The van der Waals surface area contributed by atoms with Crippen molar-refractivity contribution in [1.29, 1.82) is 0 Å². The first-order chi connectivity index (χ1) is 23.5. The van der Waals surface area contributed by atoms with Crippen molar-refractivity contribution in [3.8, 4) is 5.69 Å². The van der Waals surface area contributed by atoms with Gasteiger partial charge >= 0.3 is 0 Å². The Labute approximate surface area is 283 Å². The van der Waals surface area contributed by atoms with Gasteiger partial charge in [-0.1, -0.05) is 85.9 Å². The normalized spacial score (nSPS) is 19.2. The maximum absolute atomic E-state index is 16.8. The van der Waals surface area contributed by atoms with E-state index in [-0.39, 0.29) is 11.8 Å². The van der Waals surface area contributed by atoms with E-state index in [1.807, 2.05) is 60.3 Å². The topological polar surface area (TPSA) is 34.0 Å². The molecule has 5 heterocycles. The third-order valence-electron chi connectivity index (χ3n) is 10.6. The molecule has 7 heteroatoms. The lowest BCUT2D eigenvalue weighted by Crippen LogP contribution is -2.58. The summed E-state index contributed by atoms with van der Waals surface area (Å²) in [4.78, 5) is 12.0. The summed E-state index contributed by atoms with van der Waals surface area (Å²) in [6, 6.07) is 34.1. The molecule has 0 radical (unpaired) electrons. The summed E-state index contributed by atoms with van der Waals surface area (Å²) >= 11 is 1.86. The first-order valence-electron chi connectivity index (χ1n) is 16.5. The zero-order valence-corrected chi connectivity index (χ0v) is 28.3. The van der Waals surface area contributed by atoms with E-state index in [0.29, 0.717) is 11.1 Å². The molecule has 7 aromatic rings. The van der Waals surface area contributed by atoms with Crippen LogP contribution < -0.4 is 15.3 Å². The number of nitrogens with zero attached hydrogens (tertiary/aromatic N) is 4. The molecule has 232 valence electrons. The van der Waals surface area contributed by atoms with Gasteiger partial charge < -0.3 is 4.57 Å². The number of thiophene rings is 1. The fourth-order valence-electron chi connectivity index (χ4n) is 8.20. The third kappa shape index (κ3) is 3.92. The van der Waals surface area contributed by atoms with Gasteiger partial charge in [0.15, 0.2) is 6.17 Å². The zero-order chi connectivity index (χ0) is 32.1. The fourth-order valence-corrected chi connectivity index (χ4v) is 12.3. The number of benzene rings is 4. The highest BCUT2D eigenvalue weighted by atomic mass is 32.1. The third-order valence-corrected chi connectivity index (χ3v) is 15.2. The molecule has 0 N–H and O–H groups in total. The molecule has 1 aliphatic carbocycles. The van der Waals surface area contributed by atoms with E-state index < -0.39 is 14.2 Å². The molecule has 3 atom stereocenters. The minimum Gasteiger partial charge on any atom is -0.303 e. The van der Waals surface area contributed by atoms with Crippen LogP contribution in [0.1, 0.15) is 35.0 Å². The summed E-state index contributed by atoms with van der Waals surface area (Å²) < 4.78 is 21.6. The lowest BCUT2D eigenvalue weighted by atomic mass is 9.77. The van der Waals surface area contributed by atoms with Gasteiger partial charge in [-0.3, -0.25) is 4.90 Å². The first-order valence-corrected chi connectivity index (χ1v) is 20.3. The van der Waals surface area contributed by atoms with Gasteiger partial charge in [-0.25, -0.2) is 14.4 Å². The van der Waals surface area contributed by atoms with E-state index in [2.05, 4.69) is 108 Å². The number of imidazole rings is 1. The van der Waals surface area contributed by atoms with Gasteiger partial charge in [0, 0.05) is 62.0 Å². The number of alkyl halides is 1. The molecule has 3 aliphatic rings. The monoisotopic (exact) mass is 658 g/mol. The van der Waals surface area contributed by atoms with Crippen molar-refractivity contribution in [3.05, 3.63) is 156 Å². The Morgan fingerprint density at radius 1 is 0.771 bits per heavy atom. The van der Waals surface area contributed by atoms with Crippen LogP contribution in [0.25, 0.3) is 25.9 Å². The summed E-state index contributed by atoms with van der Waals surface area (Å²) in [5.74, 6) is 1.99. The van der Waals surface area contributed by atoms with Crippen LogP contribution in [0.5, 0.6) is 0 Å². The van der Waals surface area contributed by atoms with Crippen LogP contribution in [0.15, 0.2) is 139 Å². The van der Waals surface area contributed by atoms with E-state index in [0.717, 1.165) is 28.7 Å². The minimum atomic E-state index is -2.10. The molecular weight excluding hydrogens is 628 g/mol. The van der Waals surface area contributed by atoms with Gasteiger partial charge in [-0.2, -0.15) is 0 Å². The number of hydrogen-bond donors (Lipinski definition) is 0. The van der Waals surface area contributed by atoms with Crippen LogP contribution in [-0.2, 0) is 0 Å². The van der Waals surface area contributed by atoms with Crippen molar-refractivity contribution in [1.82, 2.24) is 14.5 Å². The van der Waals surface area contributed by atoms with Crippen molar-refractivity contribution < 1.29 is 4.39 Å². The number of rotatable bonds is 3. The van der Waals surface area contributed by atoms with Gasteiger partial charge in [0.1, 0.15) is 19.7 Å². The summed E-state index contributed by atoms with van der Waals surface area (Å²) in [6.45, 7) is 4.84. The molecule has 4 aromatic carbocycles. The summed E-state index contributed by atoms with van der Waals surface area (Å²) in [5.41, 5.74) is 5.75. The Balaban J connectivity index is 1.09. The molecule has 3 aromatic heterocycles. The van der Waals surface area contributed by atoms with Crippen LogP contribution in [-0.4, -0.2) is 22.6 Å². The van der Waals surface area contributed by atoms with Crippen molar-refractivity contribution >= 4 is 67.1 Å². The SMILES string of the molecule is C[Si]1(C)c2cc3sc4ccccc4c3cc2N(c2cccc(C(F)C3=CC4c5nccn5-c5ccccc5C4C=C3)c2)c2ncccc21. The van der Waals surface area contributed by atoms with E-state index in [1.165, 1.54) is 36.1 Å². The van der Waals surface area contributed by atoms with E-state index in [4.69, 9.17) is 9.97 Å². The number of pyridine rings is 1. The molecule has 0 spiro atoms. The van der Waals surface area contributed by atoms with Crippen molar-refractivity contribution in [3.63, 3.8) is 0 Å². The molecule has 0 amide bonds. The Morgan fingerprint density at radius 3 is 2.58 bits per heavy atom. The molecule has 2 aliphatic heterocycles. The van der Waals surface area contributed by atoms with Gasteiger partial charge in [0.2, 0.25) is 0 Å². The summed E-state index contributed by atoms with van der Waals surface area (Å²) in [5, 5.41) is 5.19. The lowest BCUT2D eigenvalue weighted by Gasteiger charge is -2.40. The summed E-state index contributed by atoms with van der Waals surface area (Å²) in [6.07, 6.45) is 10.7. The molecule has 10 rings (SSSR count). The maximum Gasteiger partial charge on any atom is 0.150 e. The van der Waals surface area contributed by atoms with Crippen molar-refractivity contribution in [2.24, 2.45) is 0 Å². The zero-order valence-electron chi connectivity index (χ0n) is 26.5. The smallest absolute Gasteiger partial charge is 0.150 e. The second-order valence-electron chi connectivity index (χ2n) is 13.5. The van der Waals surface area contributed by atoms with Gasteiger partial charge in [-0.15, -0.1) is 11.3 Å². The van der Waals surface area contributed by atoms with Crippen molar-refractivity contribution in [2.45, 2.75) is 31.1 Å². The number of fused-ring (bicyclic) bond motifs is 11. The second kappa shape index (κ2) is 10.2. The number of hydrogen-bond acceptors (Lipinski definition) is 4. The number of anilines is 3. The summed E-state index contributed by atoms with van der Waals surface area (Å²) in [7, 11) is -2.10. The largest absolute Gasteiger partial charge is 0.303 e. The highest BCUT2D eigenvalue weighted by Gasteiger charge is 2.40. The van der Waals surface area contributed by atoms with Gasteiger partial charge in [-0.05, 0) is 69.5 Å². The molecular formula is C41H31FN4SSi. The Hall–Kier alpha value is -5.11. The lowest BCUT2D eigenvalue weighted by molar-refractivity contribution is 0.397. The fraction of sp³-hybridized carbons (Fsp3) is 0.122. The van der Waals surface area contributed by atoms with Crippen molar-refractivity contribution in [2.75, 3.05) is 4.90 Å². The average Bonchev–Trinajstić information content (AvgIpc) is 3.77. The molecule has 0 saturated carbocycles. The quantitative estimate of drug-likeness (QED) is 0.177. The highest BCUT2D eigenvalue weighted by molar-refractivity contribution is 7.26. The number of aromatic nitrogens is 3. The first kappa shape index (κ1) is 27.9. The Bertz CT molecular complexity index is 2510. The predicted molar refractivity (Wildman–Crippen MR) is 199 cm³/mol. The maximum atomic E-state index is 16.8. The highest BCUT2D eigenvalue weighted by Crippen LogP contribution is 2.48. The van der Waals surface area contributed by atoms with E-state index in [9.17, 15) is 0 Å². The number of halogens is 1. The van der Waals surface area contributed by atoms with Crippen LogP contribution in [0, 0.1) is 0 Å². The number of allylic oxidation sites excluding steroid dienone is 4. The Kier molecular flexibility index (Phi) is 5.93.